The van der Waals surface area contributed by atoms with Crippen LogP contribution in [0.4, 0.5) is 0 Å². The van der Waals surface area contributed by atoms with E-state index < -0.39 is 17.7 Å². The SMILES string of the molecule is C=C(C(=O)OC)[C@@H](OOC(CC)(CC)c1ccccc1)c1ccccc1. The molecule has 0 aliphatic heterocycles. The number of ether oxygens (including phenoxy) is 1. The fourth-order valence-electron chi connectivity index (χ4n) is 2.89. The average Bonchev–Trinajstić information content (AvgIpc) is 2.72. The molecule has 0 unspecified atom stereocenters. The van der Waals surface area contributed by atoms with Crippen LogP contribution in [0.3, 0.4) is 0 Å². The molecule has 2 aromatic rings. The number of esters is 1. The third-order valence-electron chi connectivity index (χ3n) is 4.61. The highest BCUT2D eigenvalue weighted by Crippen LogP contribution is 2.36. The van der Waals surface area contributed by atoms with Crippen molar-refractivity contribution in [2.45, 2.75) is 38.4 Å². The van der Waals surface area contributed by atoms with Crippen molar-refractivity contribution in [1.29, 1.82) is 0 Å². The van der Waals surface area contributed by atoms with Crippen LogP contribution in [-0.2, 0) is 24.9 Å². The molecule has 0 aliphatic carbocycles. The lowest BCUT2D eigenvalue weighted by Crippen LogP contribution is -2.30. The average molecular weight is 354 g/mol. The zero-order chi connectivity index (χ0) is 19.0. The summed E-state index contributed by atoms with van der Waals surface area (Å²) in [7, 11) is 1.32. The van der Waals surface area contributed by atoms with Gasteiger partial charge in [0.2, 0.25) is 0 Å². The van der Waals surface area contributed by atoms with Crippen LogP contribution in [0.15, 0.2) is 72.8 Å². The minimum Gasteiger partial charge on any atom is -0.466 e. The summed E-state index contributed by atoms with van der Waals surface area (Å²) in [4.78, 5) is 23.8. The molecule has 0 heterocycles. The standard InChI is InChI=1S/C22H26O4/c1-5-22(6-2,19-15-11-8-12-16-19)26-25-20(17(3)21(23)24-4)18-13-9-7-10-14-18/h7-16,20H,3,5-6H2,1-2,4H3/t20-/m1/s1. The highest BCUT2D eigenvalue weighted by atomic mass is 17.2. The molecule has 0 aromatic heterocycles. The highest BCUT2D eigenvalue weighted by Gasteiger charge is 2.34. The second-order valence-electron chi connectivity index (χ2n) is 6.05. The predicted octanol–water partition coefficient (Wildman–Crippen LogP) is 5.12. The van der Waals surface area contributed by atoms with Gasteiger partial charge in [0.1, 0.15) is 11.7 Å². The van der Waals surface area contributed by atoms with Gasteiger partial charge in [0.05, 0.1) is 12.7 Å². The van der Waals surface area contributed by atoms with Gasteiger partial charge in [0, 0.05) is 0 Å². The van der Waals surface area contributed by atoms with Gasteiger partial charge >= 0.3 is 5.97 Å². The second kappa shape index (κ2) is 9.32. The molecule has 0 spiro atoms. The van der Waals surface area contributed by atoms with Crippen LogP contribution in [0, 0.1) is 0 Å². The third kappa shape index (κ3) is 4.40. The van der Waals surface area contributed by atoms with Crippen LogP contribution in [-0.4, -0.2) is 13.1 Å². The van der Waals surface area contributed by atoms with Gasteiger partial charge < -0.3 is 4.74 Å². The van der Waals surface area contributed by atoms with Crippen LogP contribution in [0.1, 0.15) is 43.9 Å². The fraction of sp³-hybridized carbons (Fsp3) is 0.318. The lowest BCUT2D eigenvalue weighted by molar-refractivity contribution is -0.388. The van der Waals surface area contributed by atoms with Crippen molar-refractivity contribution < 1.29 is 19.3 Å². The van der Waals surface area contributed by atoms with E-state index in [1.807, 2.05) is 74.5 Å². The highest BCUT2D eigenvalue weighted by molar-refractivity contribution is 5.89. The van der Waals surface area contributed by atoms with Crippen molar-refractivity contribution in [3.8, 4) is 0 Å². The van der Waals surface area contributed by atoms with Crippen molar-refractivity contribution in [2.24, 2.45) is 0 Å². The zero-order valence-corrected chi connectivity index (χ0v) is 15.6. The van der Waals surface area contributed by atoms with Gasteiger partial charge in [0.15, 0.2) is 0 Å². The predicted molar refractivity (Wildman–Crippen MR) is 101 cm³/mol. The Morgan fingerprint density at radius 3 is 2.04 bits per heavy atom. The molecule has 0 saturated carbocycles. The van der Waals surface area contributed by atoms with Crippen molar-refractivity contribution in [3.05, 3.63) is 83.9 Å². The van der Waals surface area contributed by atoms with Crippen molar-refractivity contribution in [1.82, 2.24) is 0 Å². The first-order valence-corrected chi connectivity index (χ1v) is 8.80. The zero-order valence-electron chi connectivity index (χ0n) is 15.6. The number of hydrogen-bond donors (Lipinski definition) is 0. The van der Waals surface area contributed by atoms with Gasteiger partial charge in [-0.3, -0.25) is 0 Å². The van der Waals surface area contributed by atoms with Crippen LogP contribution in [0.25, 0.3) is 0 Å². The summed E-state index contributed by atoms with van der Waals surface area (Å²) in [6, 6.07) is 19.3. The molecule has 0 bridgehead atoms. The van der Waals surface area contributed by atoms with E-state index in [0.29, 0.717) is 0 Å². The van der Waals surface area contributed by atoms with Gasteiger partial charge in [-0.05, 0) is 24.0 Å². The van der Waals surface area contributed by atoms with Gasteiger partial charge in [-0.1, -0.05) is 81.1 Å². The molecule has 0 fully saturated rings. The summed E-state index contributed by atoms with van der Waals surface area (Å²) in [5, 5.41) is 0. The maximum atomic E-state index is 12.0. The van der Waals surface area contributed by atoms with E-state index in [0.717, 1.165) is 24.0 Å². The molecule has 138 valence electrons. The molecule has 4 heteroatoms. The molecule has 0 saturated heterocycles. The fourth-order valence-corrected chi connectivity index (χ4v) is 2.89. The Hall–Kier alpha value is -2.43. The van der Waals surface area contributed by atoms with Crippen LogP contribution in [0.5, 0.6) is 0 Å². The Morgan fingerprint density at radius 2 is 1.54 bits per heavy atom. The van der Waals surface area contributed by atoms with Crippen molar-refractivity contribution in [2.75, 3.05) is 7.11 Å². The molecule has 26 heavy (non-hydrogen) atoms. The lowest BCUT2D eigenvalue weighted by atomic mass is 9.89. The van der Waals surface area contributed by atoms with Gasteiger partial charge in [-0.2, -0.15) is 0 Å². The molecule has 2 rings (SSSR count). The van der Waals surface area contributed by atoms with Crippen molar-refractivity contribution in [3.63, 3.8) is 0 Å². The molecule has 0 aliphatic rings. The molecular weight excluding hydrogens is 328 g/mol. The van der Waals surface area contributed by atoms with E-state index in [1.54, 1.807) is 0 Å². The summed E-state index contributed by atoms with van der Waals surface area (Å²) in [5.41, 5.74) is 1.38. The summed E-state index contributed by atoms with van der Waals surface area (Å²) >= 11 is 0. The van der Waals surface area contributed by atoms with Gasteiger partial charge in [-0.15, -0.1) is 0 Å². The molecule has 1 atom stereocenters. The Labute approximate surface area is 155 Å². The maximum Gasteiger partial charge on any atom is 0.336 e. The number of carbonyl (C=O) groups is 1. The summed E-state index contributed by atoms with van der Waals surface area (Å²) < 4.78 is 4.81. The third-order valence-corrected chi connectivity index (χ3v) is 4.61. The molecule has 4 nitrogen and oxygen atoms in total. The summed E-state index contributed by atoms with van der Waals surface area (Å²) in [6.45, 7) is 7.94. The number of methoxy groups -OCH3 is 1. The monoisotopic (exact) mass is 354 g/mol. The van der Waals surface area contributed by atoms with Crippen LogP contribution in [0.2, 0.25) is 0 Å². The first-order valence-electron chi connectivity index (χ1n) is 8.80. The minimum atomic E-state index is -0.746. The lowest BCUT2D eigenvalue weighted by Gasteiger charge is -2.32. The Kier molecular flexibility index (Phi) is 7.13. The number of carbonyl (C=O) groups excluding carboxylic acids is 1. The van der Waals surface area contributed by atoms with Gasteiger partial charge in [-0.25, -0.2) is 14.6 Å². The van der Waals surface area contributed by atoms with E-state index in [9.17, 15) is 4.79 Å². The smallest absolute Gasteiger partial charge is 0.336 e. The van der Waals surface area contributed by atoms with Gasteiger partial charge in [0.25, 0.3) is 0 Å². The summed E-state index contributed by atoms with van der Waals surface area (Å²) in [5.74, 6) is -0.527. The second-order valence-corrected chi connectivity index (χ2v) is 6.05. The largest absolute Gasteiger partial charge is 0.466 e. The molecule has 0 amide bonds. The Morgan fingerprint density at radius 1 is 1.00 bits per heavy atom. The van der Waals surface area contributed by atoms with E-state index in [-0.39, 0.29) is 5.57 Å². The maximum absolute atomic E-state index is 12.0. The van der Waals surface area contributed by atoms with E-state index in [4.69, 9.17) is 14.5 Å². The normalized spacial score (nSPS) is 12.4. The molecule has 0 radical (unpaired) electrons. The first-order chi connectivity index (χ1) is 12.6. The van der Waals surface area contributed by atoms with E-state index in [2.05, 4.69) is 6.58 Å². The molecule has 2 aromatic carbocycles. The topological polar surface area (TPSA) is 44.8 Å². The summed E-state index contributed by atoms with van der Waals surface area (Å²) in [6.07, 6.45) is 0.698. The molecule has 0 N–H and O–H groups in total. The molecular formula is C22H26O4. The van der Waals surface area contributed by atoms with E-state index in [1.165, 1.54) is 7.11 Å². The first kappa shape index (κ1) is 19.9. The number of benzene rings is 2. The Balaban J connectivity index is 2.30. The van der Waals surface area contributed by atoms with Crippen molar-refractivity contribution >= 4 is 5.97 Å². The van der Waals surface area contributed by atoms with E-state index >= 15 is 0 Å². The number of rotatable bonds is 9. The van der Waals surface area contributed by atoms with Crippen LogP contribution >= 0.6 is 0 Å². The Bertz CT molecular complexity index is 705. The number of hydrogen-bond acceptors (Lipinski definition) is 4. The van der Waals surface area contributed by atoms with Crippen LogP contribution < -0.4 is 0 Å². The minimum absolute atomic E-state index is 0.188. The quantitative estimate of drug-likeness (QED) is 0.271.